The number of ether oxygens (including phenoxy) is 1. The van der Waals surface area contributed by atoms with E-state index in [1.807, 2.05) is 52.3 Å². The predicted molar refractivity (Wildman–Crippen MR) is 109 cm³/mol. The van der Waals surface area contributed by atoms with Gasteiger partial charge in [0.1, 0.15) is 5.75 Å². The lowest BCUT2D eigenvalue weighted by Crippen LogP contribution is -2.46. The lowest BCUT2D eigenvalue weighted by Gasteiger charge is -2.40. The van der Waals surface area contributed by atoms with Gasteiger partial charge in [-0.25, -0.2) is 4.68 Å². The van der Waals surface area contributed by atoms with Crippen molar-refractivity contribution in [3.05, 3.63) is 78.1 Å². The molecule has 28 heavy (non-hydrogen) atoms. The molecule has 0 radical (unpaired) electrons. The minimum absolute atomic E-state index is 0.0159. The van der Waals surface area contributed by atoms with Gasteiger partial charge in [0.15, 0.2) is 0 Å². The Morgan fingerprint density at radius 3 is 2.75 bits per heavy atom. The first-order chi connectivity index (χ1) is 13.6. The van der Waals surface area contributed by atoms with Gasteiger partial charge in [-0.3, -0.25) is 4.79 Å². The molecule has 1 saturated heterocycles. The third-order valence-electron chi connectivity index (χ3n) is 5.58. The number of carbonyl (C=O) groups excluding carboxylic acids is 1. The summed E-state index contributed by atoms with van der Waals surface area (Å²) < 4.78 is 7.11. The Balaban J connectivity index is 1.52. The molecule has 5 heteroatoms. The van der Waals surface area contributed by atoms with Crippen LogP contribution >= 0.6 is 0 Å². The molecule has 5 nitrogen and oxygen atoms in total. The smallest absolute Gasteiger partial charge is 0.222 e. The summed E-state index contributed by atoms with van der Waals surface area (Å²) in [6.45, 7) is 3.55. The first-order valence-corrected chi connectivity index (χ1v) is 9.59. The lowest BCUT2D eigenvalue weighted by atomic mass is 9.75. The van der Waals surface area contributed by atoms with E-state index in [1.165, 1.54) is 5.56 Å². The van der Waals surface area contributed by atoms with Crippen molar-refractivity contribution in [3.8, 4) is 11.4 Å². The first-order valence-electron chi connectivity index (χ1n) is 9.59. The van der Waals surface area contributed by atoms with Crippen molar-refractivity contribution in [2.24, 2.45) is 0 Å². The van der Waals surface area contributed by atoms with E-state index in [1.54, 1.807) is 7.11 Å². The van der Waals surface area contributed by atoms with Crippen molar-refractivity contribution in [1.29, 1.82) is 0 Å². The fourth-order valence-corrected chi connectivity index (χ4v) is 3.91. The van der Waals surface area contributed by atoms with E-state index in [0.717, 1.165) is 30.0 Å². The summed E-state index contributed by atoms with van der Waals surface area (Å²) in [7, 11) is 1.65. The summed E-state index contributed by atoms with van der Waals surface area (Å²) in [4.78, 5) is 14.5. The molecule has 0 unspecified atom stereocenters. The van der Waals surface area contributed by atoms with E-state index >= 15 is 0 Å². The van der Waals surface area contributed by atoms with Crippen LogP contribution in [0.3, 0.4) is 0 Å². The molecule has 1 amide bonds. The van der Waals surface area contributed by atoms with E-state index < -0.39 is 0 Å². The van der Waals surface area contributed by atoms with E-state index in [0.29, 0.717) is 13.0 Å². The van der Waals surface area contributed by atoms with Gasteiger partial charge in [-0.2, -0.15) is 5.10 Å². The minimum Gasteiger partial charge on any atom is -0.497 e. The number of nitrogens with zero attached hydrogens (tertiary/aromatic N) is 3. The maximum atomic E-state index is 12.6. The number of methoxy groups -OCH3 is 1. The van der Waals surface area contributed by atoms with Gasteiger partial charge in [0, 0.05) is 42.8 Å². The van der Waals surface area contributed by atoms with E-state index in [2.05, 4.69) is 36.3 Å². The van der Waals surface area contributed by atoms with Crippen LogP contribution in [-0.4, -0.2) is 34.2 Å². The molecule has 144 valence electrons. The number of likely N-dealkylation sites (tertiary alicyclic amines) is 1. The van der Waals surface area contributed by atoms with Gasteiger partial charge in [0.2, 0.25) is 5.91 Å². The third-order valence-corrected chi connectivity index (χ3v) is 5.58. The zero-order valence-corrected chi connectivity index (χ0v) is 16.3. The molecular formula is C23H25N3O2. The zero-order valence-electron chi connectivity index (χ0n) is 16.3. The summed E-state index contributed by atoms with van der Waals surface area (Å²) in [6, 6.07) is 18.3. The summed E-state index contributed by atoms with van der Waals surface area (Å²) in [5.41, 5.74) is 3.23. The molecule has 1 aliphatic rings. The van der Waals surface area contributed by atoms with Crippen molar-refractivity contribution < 1.29 is 9.53 Å². The molecular weight excluding hydrogens is 350 g/mol. The van der Waals surface area contributed by atoms with E-state index in [9.17, 15) is 4.79 Å². The van der Waals surface area contributed by atoms with Crippen LogP contribution in [0.1, 0.15) is 30.9 Å². The number of hydrogen-bond acceptors (Lipinski definition) is 3. The summed E-state index contributed by atoms with van der Waals surface area (Å²) in [6.07, 6.45) is 5.28. The highest BCUT2D eigenvalue weighted by atomic mass is 16.5. The molecule has 1 aromatic heterocycles. The largest absolute Gasteiger partial charge is 0.497 e. The highest BCUT2D eigenvalue weighted by molar-refractivity contribution is 5.77. The van der Waals surface area contributed by atoms with Crippen LogP contribution < -0.4 is 4.74 Å². The van der Waals surface area contributed by atoms with Crippen molar-refractivity contribution in [2.45, 2.75) is 31.7 Å². The fraction of sp³-hybridized carbons (Fsp3) is 0.304. The standard InChI is InChI=1S/C23H25N3O2/c1-23(19-7-4-3-5-8-19)12-11-22(27)25(17-23)15-18-14-24-26(16-18)20-9-6-10-21(13-20)28-2/h3-10,13-14,16H,11-12,15,17H2,1-2H3/t23-/m0/s1. The van der Waals surface area contributed by atoms with Crippen LogP contribution in [0, 0.1) is 0 Å². The molecule has 1 fully saturated rings. The van der Waals surface area contributed by atoms with Crippen LogP contribution in [0.15, 0.2) is 67.0 Å². The van der Waals surface area contributed by atoms with Crippen molar-refractivity contribution in [2.75, 3.05) is 13.7 Å². The fourth-order valence-electron chi connectivity index (χ4n) is 3.91. The van der Waals surface area contributed by atoms with Crippen molar-refractivity contribution in [1.82, 2.24) is 14.7 Å². The van der Waals surface area contributed by atoms with E-state index in [-0.39, 0.29) is 11.3 Å². The second-order valence-corrected chi connectivity index (χ2v) is 7.67. The highest BCUT2D eigenvalue weighted by Gasteiger charge is 2.36. The number of aromatic nitrogens is 2. The Labute approximate surface area is 165 Å². The summed E-state index contributed by atoms with van der Waals surface area (Å²) in [5.74, 6) is 1.00. The van der Waals surface area contributed by atoms with Gasteiger partial charge in [-0.15, -0.1) is 0 Å². The molecule has 1 atom stereocenters. The third kappa shape index (κ3) is 3.65. The Bertz CT molecular complexity index is 967. The van der Waals surface area contributed by atoms with Crippen LogP contribution in [0.2, 0.25) is 0 Å². The van der Waals surface area contributed by atoms with Crippen molar-refractivity contribution in [3.63, 3.8) is 0 Å². The van der Waals surface area contributed by atoms with Gasteiger partial charge in [0.25, 0.3) is 0 Å². The Morgan fingerprint density at radius 2 is 1.96 bits per heavy atom. The lowest BCUT2D eigenvalue weighted by molar-refractivity contribution is -0.136. The number of rotatable bonds is 5. The van der Waals surface area contributed by atoms with Gasteiger partial charge in [0.05, 0.1) is 19.0 Å². The van der Waals surface area contributed by atoms with Crippen LogP contribution in [0.25, 0.3) is 5.69 Å². The zero-order chi connectivity index (χ0) is 19.6. The maximum absolute atomic E-state index is 12.6. The van der Waals surface area contributed by atoms with Crippen molar-refractivity contribution >= 4 is 5.91 Å². The quantitative estimate of drug-likeness (QED) is 0.678. The molecule has 0 N–H and O–H groups in total. The monoisotopic (exact) mass is 375 g/mol. The van der Waals surface area contributed by atoms with Gasteiger partial charge in [-0.05, 0) is 24.1 Å². The number of amides is 1. The average Bonchev–Trinajstić information content (AvgIpc) is 3.20. The SMILES string of the molecule is COc1cccc(-n2cc(CN3C[C@@](C)(c4ccccc4)CCC3=O)cn2)c1. The first kappa shape index (κ1) is 18.3. The maximum Gasteiger partial charge on any atom is 0.222 e. The number of carbonyl (C=O) groups is 1. The number of hydrogen-bond donors (Lipinski definition) is 0. The molecule has 0 bridgehead atoms. The predicted octanol–water partition coefficient (Wildman–Crippen LogP) is 3.96. The molecule has 2 aromatic carbocycles. The average molecular weight is 375 g/mol. The van der Waals surface area contributed by atoms with E-state index in [4.69, 9.17) is 4.74 Å². The molecule has 3 aromatic rings. The molecule has 0 aliphatic carbocycles. The van der Waals surface area contributed by atoms with Crippen LogP contribution in [0.4, 0.5) is 0 Å². The second-order valence-electron chi connectivity index (χ2n) is 7.67. The number of benzene rings is 2. The molecule has 2 heterocycles. The topological polar surface area (TPSA) is 47.4 Å². The second kappa shape index (κ2) is 7.50. The minimum atomic E-state index is -0.0159. The normalized spacial score (nSPS) is 19.6. The highest BCUT2D eigenvalue weighted by Crippen LogP contribution is 2.34. The van der Waals surface area contributed by atoms with Gasteiger partial charge >= 0.3 is 0 Å². The van der Waals surface area contributed by atoms with Gasteiger partial charge in [-0.1, -0.05) is 43.3 Å². The number of piperidine rings is 1. The molecule has 0 spiro atoms. The Kier molecular flexibility index (Phi) is 4.90. The molecule has 1 aliphatic heterocycles. The summed E-state index contributed by atoms with van der Waals surface area (Å²) in [5, 5.41) is 4.47. The van der Waals surface area contributed by atoms with Crippen LogP contribution in [0.5, 0.6) is 5.75 Å². The van der Waals surface area contributed by atoms with Crippen LogP contribution in [-0.2, 0) is 16.8 Å². The van der Waals surface area contributed by atoms with Gasteiger partial charge < -0.3 is 9.64 Å². The molecule has 0 saturated carbocycles. The molecule has 4 rings (SSSR count). The summed E-state index contributed by atoms with van der Waals surface area (Å²) >= 11 is 0. The Morgan fingerprint density at radius 1 is 1.14 bits per heavy atom. The Hall–Kier alpha value is -3.08.